The van der Waals surface area contributed by atoms with Gasteiger partial charge < -0.3 is 15.1 Å². The SMILES string of the molecule is Cc1ccc(C(=O)N2CCN(c3ccc(NC(=S)NC(=O)c4ccccc4C)cc3)CC2)cc1. The van der Waals surface area contributed by atoms with Crippen molar-refractivity contribution in [3.8, 4) is 0 Å². The van der Waals surface area contributed by atoms with Crippen LogP contribution in [0, 0.1) is 13.8 Å². The first-order valence-electron chi connectivity index (χ1n) is 11.3. The highest BCUT2D eigenvalue weighted by Crippen LogP contribution is 2.20. The first-order valence-corrected chi connectivity index (χ1v) is 11.7. The average molecular weight is 473 g/mol. The average Bonchev–Trinajstić information content (AvgIpc) is 2.85. The van der Waals surface area contributed by atoms with Gasteiger partial charge in [0.05, 0.1) is 0 Å². The highest BCUT2D eigenvalue weighted by molar-refractivity contribution is 7.80. The third-order valence-electron chi connectivity index (χ3n) is 5.97. The topological polar surface area (TPSA) is 64.7 Å². The maximum Gasteiger partial charge on any atom is 0.257 e. The number of rotatable bonds is 4. The molecule has 0 atom stereocenters. The normalized spacial score (nSPS) is 13.4. The van der Waals surface area contributed by atoms with E-state index in [9.17, 15) is 9.59 Å². The molecule has 3 aromatic carbocycles. The molecule has 2 N–H and O–H groups in total. The van der Waals surface area contributed by atoms with Gasteiger partial charge in [-0.2, -0.15) is 0 Å². The van der Waals surface area contributed by atoms with E-state index in [0.29, 0.717) is 18.7 Å². The Bertz CT molecular complexity index is 1180. The molecule has 0 unspecified atom stereocenters. The molecule has 0 aliphatic carbocycles. The number of aryl methyl sites for hydroxylation is 2. The van der Waals surface area contributed by atoms with Crippen LogP contribution < -0.4 is 15.5 Å². The van der Waals surface area contributed by atoms with Crippen molar-refractivity contribution in [2.45, 2.75) is 13.8 Å². The van der Waals surface area contributed by atoms with Gasteiger partial charge in [-0.1, -0.05) is 35.9 Å². The number of piperazine rings is 1. The van der Waals surface area contributed by atoms with Crippen molar-refractivity contribution in [2.75, 3.05) is 36.4 Å². The minimum Gasteiger partial charge on any atom is -0.368 e. The molecule has 1 fully saturated rings. The summed E-state index contributed by atoms with van der Waals surface area (Å²) in [7, 11) is 0. The molecule has 1 aliphatic rings. The summed E-state index contributed by atoms with van der Waals surface area (Å²) < 4.78 is 0. The molecule has 7 heteroatoms. The molecule has 2 amide bonds. The molecule has 34 heavy (non-hydrogen) atoms. The smallest absolute Gasteiger partial charge is 0.257 e. The second-order valence-corrected chi connectivity index (χ2v) is 8.82. The van der Waals surface area contributed by atoms with Crippen LogP contribution in [0.15, 0.2) is 72.8 Å². The number of thiocarbonyl (C=S) groups is 1. The maximum absolute atomic E-state index is 12.7. The van der Waals surface area contributed by atoms with Gasteiger partial charge in [0.25, 0.3) is 11.8 Å². The molecule has 1 aliphatic heterocycles. The highest BCUT2D eigenvalue weighted by atomic mass is 32.1. The molecule has 0 spiro atoms. The van der Waals surface area contributed by atoms with Crippen molar-refractivity contribution >= 4 is 40.5 Å². The molecule has 174 valence electrons. The predicted molar refractivity (Wildman–Crippen MR) is 141 cm³/mol. The van der Waals surface area contributed by atoms with E-state index in [1.807, 2.05) is 85.5 Å². The first kappa shape index (κ1) is 23.4. The van der Waals surface area contributed by atoms with Gasteiger partial charge in [-0.15, -0.1) is 0 Å². The van der Waals surface area contributed by atoms with Crippen LogP contribution in [0.3, 0.4) is 0 Å². The molecule has 1 saturated heterocycles. The number of amides is 2. The summed E-state index contributed by atoms with van der Waals surface area (Å²) in [6.45, 7) is 6.82. The third-order valence-corrected chi connectivity index (χ3v) is 6.18. The summed E-state index contributed by atoms with van der Waals surface area (Å²) in [6.07, 6.45) is 0. The summed E-state index contributed by atoms with van der Waals surface area (Å²) >= 11 is 5.31. The Kier molecular flexibility index (Phi) is 7.23. The summed E-state index contributed by atoms with van der Waals surface area (Å²) in [5.41, 5.74) is 5.26. The van der Waals surface area contributed by atoms with Crippen LogP contribution in [-0.2, 0) is 0 Å². The lowest BCUT2D eigenvalue weighted by Gasteiger charge is -2.36. The number of nitrogens with one attached hydrogen (secondary N) is 2. The van der Waals surface area contributed by atoms with E-state index < -0.39 is 0 Å². The minimum atomic E-state index is -0.231. The third kappa shape index (κ3) is 5.61. The molecular formula is C27H28N4O2S. The summed E-state index contributed by atoms with van der Waals surface area (Å²) in [6, 6.07) is 23.0. The highest BCUT2D eigenvalue weighted by Gasteiger charge is 2.22. The van der Waals surface area contributed by atoms with Crippen molar-refractivity contribution in [1.82, 2.24) is 10.2 Å². The van der Waals surface area contributed by atoms with Gasteiger partial charge in [-0.3, -0.25) is 14.9 Å². The zero-order chi connectivity index (χ0) is 24.1. The van der Waals surface area contributed by atoms with E-state index in [1.165, 1.54) is 0 Å². The lowest BCUT2D eigenvalue weighted by molar-refractivity contribution is 0.0746. The minimum absolute atomic E-state index is 0.0838. The Morgan fingerprint density at radius 1 is 0.824 bits per heavy atom. The van der Waals surface area contributed by atoms with Gasteiger partial charge in [0.2, 0.25) is 0 Å². The van der Waals surface area contributed by atoms with Crippen LogP contribution in [0.5, 0.6) is 0 Å². The summed E-state index contributed by atoms with van der Waals surface area (Å²) in [4.78, 5) is 29.4. The Balaban J connectivity index is 1.29. The first-order chi connectivity index (χ1) is 16.4. The van der Waals surface area contributed by atoms with Gasteiger partial charge in [-0.25, -0.2) is 0 Å². The number of carbonyl (C=O) groups is 2. The van der Waals surface area contributed by atoms with Gasteiger partial charge >= 0.3 is 0 Å². The number of hydrogen-bond donors (Lipinski definition) is 2. The molecule has 0 radical (unpaired) electrons. The zero-order valence-corrected chi connectivity index (χ0v) is 20.2. The summed E-state index contributed by atoms with van der Waals surface area (Å²) in [5, 5.41) is 6.05. The molecule has 1 heterocycles. The van der Waals surface area contributed by atoms with Crippen LogP contribution in [0.1, 0.15) is 31.8 Å². The Hall–Kier alpha value is -3.71. The van der Waals surface area contributed by atoms with E-state index in [-0.39, 0.29) is 16.9 Å². The molecule has 3 aromatic rings. The number of carbonyl (C=O) groups excluding carboxylic acids is 2. The largest absolute Gasteiger partial charge is 0.368 e. The molecule has 4 rings (SSSR count). The lowest BCUT2D eigenvalue weighted by atomic mass is 10.1. The number of hydrogen-bond acceptors (Lipinski definition) is 4. The van der Waals surface area contributed by atoms with E-state index in [4.69, 9.17) is 12.2 Å². The van der Waals surface area contributed by atoms with Gasteiger partial charge in [0, 0.05) is 48.7 Å². The van der Waals surface area contributed by atoms with E-state index in [2.05, 4.69) is 15.5 Å². The van der Waals surface area contributed by atoms with Crippen LogP contribution in [0.25, 0.3) is 0 Å². The maximum atomic E-state index is 12.7. The Labute approximate surface area is 205 Å². The van der Waals surface area contributed by atoms with Crippen LogP contribution >= 0.6 is 12.2 Å². The number of benzene rings is 3. The van der Waals surface area contributed by atoms with Gasteiger partial charge in [0.1, 0.15) is 0 Å². The van der Waals surface area contributed by atoms with Crippen molar-refractivity contribution in [3.05, 3.63) is 95.1 Å². The Morgan fingerprint density at radius 3 is 2.12 bits per heavy atom. The van der Waals surface area contributed by atoms with Crippen molar-refractivity contribution in [2.24, 2.45) is 0 Å². The van der Waals surface area contributed by atoms with Crippen molar-refractivity contribution in [3.63, 3.8) is 0 Å². The second-order valence-electron chi connectivity index (χ2n) is 8.42. The van der Waals surface area contributed by atoms with Crippen LogP contribution in [0.4, 0.5) is 11.4 Å². The zero-order valence-electron chi connectivity index (χ0n) is 19.4. The Morgan fingerprint density at radius 2 is 1.47 bits per heavy atom. The predicted octanol–water partition coefficient (Wildman–Crippen LogP) is 4.39. The van der Waals surface area contributed by atoms with E-state index in [1.54, 1.807) is 6.07 Å². The molecule has 0 saturated carbocycles. The fourth-order valence-electron chi connectivity index (χ4n) is 3.96. The number of nitrogens with zero attached hydrogens (tertiary/aromatic N) is 2. The van der Waals surface area contributed by atoms with Crippen LogP contribution in [-0.4, -0.2) is 48.0 Å². The fourth-order valence-corrected chi connectivity index (χ4v) is 4.17. The molecule has 6 nitrogen and oxygen atoms in total. The fraction of sp³-hybridized carbons (Fsp3) is 0.222. The monoisotopic (exact) mass is 472 g/mol. The number of anilines is 2. The quantitative estimate of drug-likeness (QED) is 0.552. The second kappa shape index (κ2) is 10.5. The van der Waals surface area contributed by atoms with E-state index in [0.717, 1.165) is 41.2 Å². The lowest BCUT2D eigenvalue weighted by Crippen LogP contribution is -2.48. The molecule has 0 aromatic heterocycles. The molecule has 0 bridgehead atoms. The van der Waals surface area contributed by atoms with Crippen LogP contribution in [0.2, 0.25) is 0 Å². The molecular weight excluding hydrogens is 444 g/mol. The van der Waals surface area contributed by atoms with Crippen molar-refractivity contribution in [1.29, 1.82) is 0 Å². The van der Waals surface area contributed by atoms with Crippen molar-refractivity contribution < 1.29 is 9.59 Å². The van der Waals surface area contributed by atoms with E-state index >= 15 is 0 Å². The summed E-state index contributed by atoms with van der Waals surface area (Å²) in [5.74, 6) is -0.147. The van der Waals surface area contributed by atoms with Gasteiger partial charge in [-0.05, 0) is 74.1 Å². The van der Waals surface area contributed by atoms with Gasteiger partial charge in [0.15, 0.2) is 5.11 Å². The standard InChI is InChI=1S/C27H28N4O2S/c1-19-7-9-21(10-8-19)26(33)31-17-15-30(16-18-31)23-13-11-22(12-14-23)28-27(34)29-25(32)24-6-4-3-5-20(24)2/h3-14H,15-18H2,1-2H3,(H2,28,29,32,34).